The SMILES string of the molecule is CN(C)c1nccc(C(C#N)C#N)n1. The molecule has 1 heterocycles. The van der Waals surface area contributed by atoms with Gasteiger partial charge < -0.3 is 4.90 Å². The molecule has 1 aromatic rings. The van der Waals surface area contributed by atoms with E-state index in [1.165, 1.54) is 0 Å². The average molecular weight is 187 g/mol. The Morgan fingerprint density at radius 2 is 2.00 bits per heavy atom. The number of anilines is 1. The van der Waals surface area contributed by atoms with Crippen molar-refractivity contribution >= 4 is 5.95 Å². The van der Waals surface area contributed by atoms with Crippen molar-refractivity contribution in [2.24, 2.45) is 0 Å². The van der Waals surface area contributed by atoms with Crippen molar-refractivity contribution in [1.82, 2.24) is 9.97 Å². The third-order valence-corrected chi connectivity index (χ3v) is 1.62. The van der Waals surface area contributed by atoms with Gasteiger partial charge in [0.1, 0.15) is 0 Å². The van der Waals surface area contributed by atoms with E-state index in [9.17, 15) is 0 Å². The Morgan fingerprint density at radius 1 is 1.36 bits per heavy atom. The molecule has 0 unspecified atom stereocenters. The third-order valence-electron chi connectivity index (χ3n) is 1.62. The van der Waals surface area contributed by atoms with Crippen LogP contribution in [-0.2, 0) is 0 Å². The van der Waals surface area contributed by atoms with E-state index in [-0.39, 0.29) is 0 Å². The normalized spacial score (nSPS) is 9.21. The summed E-state index contributed by atoms with van der Waals surface area (Å²) in [5, 5.41) is 17.3. The monoisotopic (exact) mass is 187 g/mol. The molecule has 0 aromatic carbocycles. The standard InChI is InChI=1S/C9H9N5/c1-14(2)9-12-4-3-8(13-9)7(5-10)6-11/h3-4,7H,1-2H3. The smallest absolute Gasteiger partial charge is 0.225 e. The highest BCUT2D eigenvalue weighted by Crippen LogP contribution is 2.12. The Labute approximate surface area is 82.2 Å². The molecule has 0 amide bonds. The lowest BCUT2D eigenvalue weighted by Crippen LogP contribution is -2.13. The largest absolute Gasteiger partial charge is 0.347 e. The van der Waals surface area contributed by atoms with Crippen LogP contribution in [0.3, 0.4) is 0 Å². The van der Waals surface area contributed by atoms with Crippen LogP contribution in [0.1, 0.15) is 11.6 Å². The fourth-order valence-electron chi connectivity index (χ4n) is 0.899. The van der Waals surface area contributed by atoms with Crippen molar-refractivity contribution < 1.29 is 0 Å². The molecule has 0 aliphatic rings. The zero-order valence-electron chi connectivity index (χ0n) is 7.97. The first-order valence-electron chi connectivity index (χ1n) is 3.98. The first kappa shape index (κ1) is 9.94. The predicted octanol–water partition coefficient (Wildman–Crippen LogP) is 0.673. The topological polar surface area (TPSA) is 76.6 Å². The average Bonchev–Trinajstić information content (AvgIpc) is 2.20. The van der Waals surface area contributed by atoms with Crippen molar-refractivity contribution in [1.29, 1.82) is 10.5 Å². The van der Waals surface area contributed by atoms with E-state index >= 15 is 0 Å². The minimum absolute atomic E-state index is 0.439. The predicted molar refractivity (Wildman–Crippen MR) is 50.3 cm³/mol. The number of hydrogen-bond donors (Lipinski definition) is 0. The van der Waals surface area contributed by atoms with Crippen molar-refractivity contribution in [2.45, 2.75) is 5.92 Å². The highest BCUT2D eigenvalue weighted by molar-refractivity contribution is 5.32. The Balaban J connectivity index is 3.07. The van der Waals surface area contributed by atoms with Gasteiger partial charge in [0.15, 0.2) is 5.92 Å². The summed E-state index contributed by atoms with van der Waals surface area (Å²) >= 11 is 0. The van der Waals surface area contributed by atoms with E-state index < -0.39 is 5.92 Å². The number of nitrogens with zero attached hydrogens (tertiary/aromatic N) is 5. The van der Waals surface area contributed by atoms with E-state index in [1.807, 2.05) is 12.1 Å². The molecule has 0 spiro atoms. The zero-order chi connectivity index (χ0) is 10.6. The molecule has 0 N–H and O–H groups in total. The van der Waals surface area contributed by atoms with Crippen LogP contribution in [0.5, 0.6) is 0 Å². The Bertz CT molecular complexity index is 384. The van der Waals surface area contributed by atoms with E-state index in [0.29, 0.717) is 11.6 Å². The lowest BCUT2D eigenvalue weighted by Gasteiger charge is -2.10. The van der Waals surface area contributed by atoms with Gasteiger partial charge >= 0.3 is 0 Å². The fourth-order valence-corrected chi connectivity index (χ4v) is 0.899. The van der Waals surface area contributed by atoms with Crippen molar-refractivity contribution in [3.05, 3.63) is 18.0 Å². The van der Waals surface area contributed by atoms with Gasteiger partial charge in [0, 0.05) is 20.3 Å². The summed E-state index contributed by atoms with van der Waals surface area (Å²) in [7, 11) is 3.60. The minimum Gasteiger partial charge on any atom is -0.347 e. The van der Waals surface area contributed by atoms with Gasteiger partial charge in [-0.2, -0.15) is 10.5 Å². The maximum absolute atomic E-state index is 8.66. The molecule has 0 fully saturated rings. The number of hydrogen-bond acceptors (Lipinski definition) is 5. The Kier molecular flexibility index (Phi) is 2.98. The maximum atomic E-state index is 8.66. The molecular formula is C9H9N5. The Morgan fingerprint density at radius 3 is 2.50 bits per heavy atom. The van der Waals surface area contributed by atoms with E-state index in [1.54, 1.807) is 31.3 Å². The van der Waals surface area contributed by atoms with Gasteiger partial charge in [-0.15, -0.1) is 0 Å². The van der Waals surface area contributed by atoms with E-state index in [0.717, 1.165) is 0 Å². The summed E-state index contributed by atoms with van der Waals surface area (Å²) in [6.45, 7) is 0. The molecule has 14 heavy (non-hydrogen) atoms. The van der Waals surface area contributed by atoms with Gasteiger partial charge in [0.25, 0.3) is 0 Å². The van der Waals surface area contributed by atoms with Gasteiger partial charge in [-0.25, -0.2) is 9.97 Å². The maximum Gasteiger partial charge on any atom is 0.225 e. The van der Waals surface area contributed by atoms with E-state index in [4.69, 9.17) is 10.5 Å². The van der Waals surface area contributed by atoms with Crippen molar-refractivity contribution in [3.8, 4) is 12.1 Å². The molecule has 1 rings (SSSR count). The highest BCUT2D eigenvalue weighted by atomic mass is 15.2. The lowest BCUT2D eigenvalue weighted by atomic mass is 10.1. The van der Waals surface area contributed by atoms with Crippen molar-refractivity contribution in [3.63, 3.8) is 0 Å². The summed E-state index contributed by atoms with van der Waals surface area (Å²) in [6.07, 6.45) is 1.54. The van der Waals surface area contributed by atoms with Crippen LogP contribution >= 0.6 is 0 Å². The summed E-state index contributed by atoms with van der Waals surface area (Å²) < 4.78 is 0. The number of nitriles is 2. The second-order valence-electron chi connectivity index (χ2n) is 2.87. The van der Waals surface area contributed by atoms with Gasteiger partial charge in [-0.1, -0.05) is 0 Å². The van der Waals surface area contributed by atoms with Gasteiger partial charge in [-0.05, 0) is 6.07 Å². The van der Waals surface area contributed by atoms with Crippen LogP contribution in [0.25, 0.3) is 0 Å². The minimum atomic E-state index is -0.823. The summed E-state index contributed by atoms with van der Waals surface area (Å²) in [5.41, 5.74) is 0.439. The molecule has 1 aromatic heterocycles. The molecule has 0 saturated carbocycles. The van der Waals surface area contributed by atoms with Crippen LogP contribution < -0.4 is 4.90 Å². The van der Waals surface area contributed by atoms with Crippen LogP contribution in [0, 0.1) is 22.7 Å². The molecule has 0 atom stereocenters. The molecule has 0 aliphatic heterocycles. The summed E-state index contributed by atoms with van der Waals surface area (Å²) in [5.74, 6) is -0.324. The third kappa shape index (κ3) is 1.96. The molecule has 70 valence electrons. The number of rotatable bonds is 2. The number of aromatic nitrogens is 2. The molecule has 5 nitrogen and oxygen atoms in total. The van der Waals surface area contributed by atoms with Crippen LogP contribution in [0.15, 0.2) is 12.3 Å². The first-order chi connectivity index (χ1) is 6.69. The summed E-state index contributed by atoms with van der Waals surface area (Å²) in [4.78, 5) is 9.79. The molecule has 0 saturated heterocycles. The molecule has 5 heteroatoms. The summed E-state index contributed by atoms with van der Waals surface area (Å²) in [6, 6.07) is 5.30. The second kappa shape index (κ2) is 4.20. The van der Waals surface area contributed by atoms with E-state index in [2.05, 4.69) is 9.97 Å². The molecule has 0 radical (unpaired) electrons. The fraction of sp³-hybridized carbons (Fsp3) is 0.333. The zero-order valence-corrected chi connectivity index (χ0v) is 7.97. The van der Waals surface area contributed by atoms with Crippen molar-refractivity contribution in [2.75, 3.05) is 19.0 Å². The molecule has 0 bridgehead atoms. The van der Waals surface area contributed by atoms with Gasteiger partial charge in [0.05, 0.1) is 17.8 Å². The molecule has 0 aliphatic carbocycles. The van der Waals surface area contributed by atoms with Gasteiger partial charge in [-0.3, -0.25) is 0 Å². The first-order valence-corrected chi connectivity index (χ1v) is 3.98. The van der Waals surface area contributed by atoms with Gasteiger partial charge in [0.2, 0.25) is 5.95 Å². The van der Waals surface area contributed by atoms with Crippen LogP contribution in [0.4, 0.5) is 5.95 Å². The Hall–Kier alpha value is -2.14. The highest BCUT2D eigenvalue weighted by Gasteiger charge is 2.11. The van der Waals surface area contributed by atoms with Crippen LogP contribution in [0.2, 0.25) is 0 Å². The lowest BCUT2D eigenvalue weighted by molar-refractivity contribution is 0.932. The molecular weight excluding hydrogens is 178 g/mol. The quantitative estimate of drug-likeness (QED) is 0.680. The second-order valence-corrected chi connectivity index (χ2v) is 2.87. The van der Waals surface area contributed by atoms with Crippen LogP contribution in [-0.4, -0.2) is 24.1 Å².